The third-order valence-electron chi connectivity index (χ3n) is 1.28. The van der Waals surface area contributed by atoms with E-state index in [4.69, 9.17) is 4.74 Å². The van der Waals surface area contributed by atoms with E-state index >= 15 is 0 Å². The number of thioether (sulfide) groups is 1. The van der Waals surface area contributed by atoms with E-state index in [-0.39, 0.29) is 11.1 Å². The van der Waals surface area contributed by atoms with Crippen molar-refractivity contribution in [1.82, 2.24) is 5.32 Å². The molecule has 0 amide bonds. The largest absolute Gasteiger partial charge is 0.439 e. The van der Waals surface area contributed by atoms with Crippen molar-refractivity contribution in [3.63, 3.8) is 0 Å². The predicted molar refractivity (Wildman–Crippen MR) is 40.6 cm³/mol. The van der Waals surface area contributed by atoms with E-state index in [2.05, 4.69) is 19.2 Å². The summed E-state index contributed by atoms with van der Waals surface area (Å²) in [5.74, 6) is 0.978. The molecule has 1 unspecified atom stereocenters. The minimum absolute atomic E-state index is 0.0956. The summed E-state index contributed by atoms with van der Waals surface area (Å²) in [6.07, 6.45) is 0. The summed E-state index contributed by atoms with van der Waals surface area (Å²) in [7, 11) is 0. The molecule has 3 nitrogen and oxygen atoms in total. The van der Waals surface area contributed by atoms with Gasteiger partial charge in [0.15, 0.2) is 0 Å². The van der Waals surface area contributed by atoms with E-state index in [0.717, 1.165) is 5.75 Å². The number of ether oxygens (including phenoxy) is 1. The molecule has 1 N–H and O–H groups in total. The zero-order valence-corrected chi connectivity index (χ0v) is 6.90. The first-order valence-corrected chi connectivity index (χ1v) is 4.17. The smallest absolute Gasteiger partial charge is 0.295 e. The molecule has 4 heteroatoms. The Hall–Kier alpha value is -0.220. The Morgan fingerprint density at radius 2 is 2.50 bits per heavy atom. The van der Waals surface area contributed by atoms with Crippen molar-refractivity contribution in [1.29, 1.82) is 0 Å². The fraction of sp³-hybridized carbons (Fsp3) is 0.833. The van der Waals surface area contributed by atoms with Crippen LogP contribution in [0.25, 0.3) is 0 Å². The summed E-state index contributed by atoms with van der Waals surface area (Å²) in [5.41, 5.74) is -0.0503. The summed E-state index contributed by atoms with van der Waals surface area (Å²) in [6.45, 7) is 4.63. The van der Waals surface area contributed by atoms with Crippen LogP contribution in [0.1, 0.15) is 13.8 Å². The van der Waals surface area contributed by atoms with Crippen LogP contribution in [0.4, 0.5) is 0 Å². The SMILES string of the molecule is CC1(C)CSC(OC=O)N1. The van der Waals surface area contributed by atoms with Gasteiger partial charge in [0.2, 0.25) is 5.56 Å². The normalized spacial score (nSPS) is 30.0. The molecule has 1 heterocycles. The standard InChI is InChI=1S/C6H11NO2S/c1-6(2)3-10-5(7-6)9-4-8/h4-5,7H,3H2,1-2H3. The Bertz CT molecular complexity index is 138. The fourth-order valence-electron chi connectivity index (χ4n) is 0.810. The maximum Gasteiger partial charge on any atom is 0.295 e. The molecule has 0 aromatic heterocycles. The van der Waals surface area contributed by atoms with Crippen LogP contribution in [0.15, 0.2) is 0 Å². The molecule has 1 aliphatic rings. The molecule has 1 atom stereocenters. The van der Waals surface area contributed by atoms with Crippen molar-refractivity contribution >= 4 is 18.2 Å². The lowest BCUT2D eigenvalue weighted by atomic mass is 10.1. The topological polar surface area (TPSA) is 38.3 Å². The van der Waals surface area contributed by atoms with Gasteiger partial charge in [0.1, 0.15) is 0 Å². The molecular formula is C6H11NO2S. The zero-order chi connectivity index (χ0) is 7.61. The van der Waals surface area contributed by atoms with Crippen LogP contribution in [-0.4, -0.2) is 23.3 Å². The van der Waals surface area contributed by atoms with Crippen molar-refractivity contribution in [2.24, 2.45) is 0 Å². The van der Waals surface area contributed by atoms with Gasteiger partial charge in [-0.25, -0.2) is 0 Å². The van der Waals surface area contributed by atoms with Crippen molar-refractivity contribution in [2.45, 2.75) is 24.9 Å². The van der Waals surface area contributed by atoms with Crippen molar-refractivity contribution < 1.29 is 9.53 Å². The van der Waals surface area contributed by atoms with E-state index in [9.17, 15) is 4.79 Å². The van der Waals surface area contributed by atoms with Crippen molar-refractivity contribution in [3.05, 3.63) is 0 Å². The Balaban J connectivity index is 2.35. The highest BCUT2D eigenvalue weighted by molar-refractivity contribution is 8.00. The molecule has 1 rings (SSSR count). The van der Waals surface area contributed by atoms with Crippen LogP contribution in [0.3, 0.4) is 0 Å². The van der Waals surface area contributed by atoms with Crippen molar-refractivity contribution in [2.75, 3.05) is 5.75 Å². The summed E-state index contributed by atoms with van der Waals surface area (Å²) < 4.78 is 4.71. The van der Waals surface area contributed by atoms with E-state index in [1.54, 1.807) is 11.8 Å². The second-order valence-electron chi connectivity index (χ2n) is 2.90. The van der Waals surface area contributed by atoms with Crippen LogP contribution in [0.2, 0.25) is 0 Å². The fourth-order valence-corrected chi connectivity index (χ4v) is 1.99. The van der Waals surface area contributed by atoms with Gasteiger partial charge in [-0.15, -0.1) is 0 Å². The first-order valence-electron chi connectivity index (χ1n) is 3.12. The molecule has 10 heavy (non-hydrogen) atoms. The molecule has 58 valence electrons. The molecule has 1 aliphatic heterocycles. The average Bonchev–Trinajstić information content (AvgIpc) is 2.12. The molecule has 0 aliphatic carbocycles. The Morgan fingerprint density at radius 1 is 1.80 bits per heavy atom. The molecule has 0 aromatic carbocycles. The predicted octanol–water partition coefficient (Wildman–Crippen LogP) is 0.558. The quantitative estimate of drug-likeness (QED) is 0.600. The maximum atomic E-state index is 9.90. The lowest BCUT2D eigenvalue weighted by Crippen LogP contribution is -2.39. The second-order valence-corrected chi connectivity index (χ2v) is 3.95. The summed E-state index contributed by atoms with van der Waals surface area (Å²) in [4.78, 5) is 9.90. The minimum atomic E-state index is -0.146. The molecule has 0 radical (unpaired) electrons. The van der Waals surface area contributed by atoms with Crippen LogP contribution in [-0.2, 0) is 9.53 Å². The third-order valence-corrected chi connectivity index (χ3v) is 2.70. The highest BCUT2D eigenvalue weighted by atomic mass is 32.2. The molecule has 0 saturated carbocycles. The molecule has 0 aromatic rings. The lowest BCUT2D eigenvalue weighted by Gasteiger charge is -2.17. The first kappa shape index (κ1) is 7.88. The third kappa shape index (κ3) is 1.88. The first-order chi connectivity index (χ1) is 4.64. The molecule has 1 saturated heterocycles. The maximum absolute atomic E-state index is 9.90. The second kappa shape index (κ2) is 2.80. The number of nitrogens with one attached hydrogen (secondary N) is 1. The van der Waals surface area contributed by atoms with E-state index < -0.39 is 0 Å². The zero-order valence-electron chi connectivity index (χ0n) is 6.09. The Kier molecular flexibility index (Phi) is 2.21. The number of rotatable bonds is 2. The van der Waals surface area contributed by atoms with Gasteiger partial charge < -0.3 is 4.74 Å². The van der Waals surface area contributed by atoms with Gasteiger partial charge in [-0.2, -0.15) is 0 Å². The van der Waals surface area contributed by atoms with Crippen LogP contribution in [0.5, 0.6) is 0 Å². The van der Waals surface area contributed by atoms with Gasteiger partial charge in [0.05, 0.1) is 0 Å². The Labute approximate surface area is 64.5 Å². The monoisotopic (exact) mass is 161 g/mol. The van der Waals surface area contributed by atoms with Gasteiger partial charge in [0, 0.05) is 11.3 Å². The molecule has 1 fully saturated rings. The highest BCUT2D eigenvalue weighted by Gasteiger charge is 2.31. The summed E-state index contributed by atoms with van der Waals surface area (Å²) in [5, 5.41) is 3.14. The van der Waals surface area contributed by atoms with Gasteiger partial charge in [0.25, 0.3) is 6.47 Å². The summed E-state index contributed by atoms with van der Waals surface area (Å²) >= 11 is 1.61. The highest BCUT2D eigenvalue weighted by Crippen LogP contribution is 2.25. The van der Waals surface area contributed by atoms with Gasteiger partial charge in [-0.05, 0) is 13.8 Å². The molecule has 0 bridgehead atoms. The average molecular weight is 161 g/mol. The van der Waals surface area contributed by atoms with Crippen LogP contribution in [0, 0.1) is 0 Å². The van der Waals surface area contributed by atoms with Crippen LogP contribution >= 0.6 is 11.8 Å². The van der Waals surface area contributed by atoms with Gasteiger partial charge >= 0.3 is 0 Å². The molecular weight excluding hydrogens is 150 g/mol. The number of hydrogen-bond donors (Lipinski definition) is 1. The van der Waals surface area contributed by atoms with Gasteiger partial charge in [-0.3, -0.25) is 10.1 Å². The van der Waals surface area contributed by atoms with Crippen molar-refractivity contribution in [3.8, 4) is 0 Å². The number of hydrogen-bond acceptors (Lipinski definition) is 4. The number of carbonyl (C=O) groups is 1. The number of carbonyl (C=O) groups excluding carboxylic acids is 1. The Morgan fingerprint density at radius 3 is 2.90 bits per heavy atom. The lowest BCUT2D eigenvalue weighted by molar-refractivity contribution is -0.131. The van der Waals surface area contributed by atoms with E-state index in [1.807, 2.05) is 0 Å². The van der Waals surface area contributed by atoms with Gasteiger partial charge in [-0.1, -0.05) is 11.8 Å². The minimum Gasteiger partial charge on any atom is -0.439 e. The van der Waals surface area contributed by atoms with E-state index in [0.29, 0.717) is 6.47 Å². The van der Waals surface area contributed by atoms with Crippen LogP contribution < -0.4 is 5.32 Å². The van der Waals surface area contributed by atoms with E-state index in [1.165, 1.54) is 0 Å². The summed E-state index contributed by atoms with van der Waals surface area (Å²) in [6, 6.07) is 0. The molecule has 0 spiro atoms.